The molecule has 0 saturated heterocycles. The van der Waals surface area contributed by atoms with Crippen molar-refractivity contribution in [2.45, 2.75) is 97.4 Å². The first kappa shape index (κ1) is 25.4. The average Bonchev–Trinajstić information content (AvgIpc) is 3.23. The molecule has 178 valence electrons. The zero-order valence-corrected chi connectivity index (χ0v) is 21.6. The van der Waals surface area contributed by atoms with E-state index in [4.69, 9.17) is 4.98 Å². The van der Waals surface area contributed by atoms with E-state index in [2.05, 4.69) is 55.9 Å². The second-order valence-corrected chi connectivity index (χ2v) is 10.3. The molecule has 0 spiro atoms. The number of aryl methyl sites for hydroxylation is 2. The van der Waals surface area contributed by atoms with E-state index in [1.54, 1.807) is 6.21 Å². The van der Waals surface area contributed by atoms with E-state index in [1.165, 1.54) is 47.3 Å². The first-order chi connectivity index (χ1) is 15.9. The maximum atomic E-state index is 12.9. The summed E-state index contributed by atoms with van der Waals surface area (Å²) < 4.78 is 0. The number of allylic oxidation sites excluding steroid dienone is 1. The van der Waals surface area contributed by atoms with Crippen molar-refractivity contribution in [2.75, 3.05) is 0 Å². The summed E-state index contributed by atoms with van der Waals surface area (Å²) in [7, 11) is 0. The minimum Gasteiger partial charge on any atom is -0.347 e. The highest BCUT2D eigenvalue weighted by molar-refractivity contribution is 7.17. The molecule has 1 atom stereocenters. The van der Waals surface area contributed by atoms with E-state index in [9.17, 15) is 4.79 Å². The lowest BCUT2D eigenvalue weighted by atomic mass is 9.85. The summed E-state index contributed by atoms with van der Waals surface area (Å²) in [6.45, 7) is 12.9. The lowest BCUT2D eigenvalue weighted by molar-refractivity contribution is 0.0927. The third kappa shape index (κ3) is 6.86. The van der Waals surface area contributed by atoms with Gasteiger partial charge in [-0.05, 0) is 75.5 Å². The van der Waals surface area contributed by atoms with Gasteiger partial charge in [-0.15, -0.1) is 0 Å². The molecule has 0 aliphatic heterocycles. The zero-order chi connectivity index (χ0) is 23.8. The quantitative estimate of drug-likeness (QED) is 0.362. The monoisotopic (exact) mass is 465 g/mol. The molecule has 1 amide bonds. The van der Waals surface area contributed by atoms with Crippen molar-refractivity contribution in [2.24, 2.45) is 4.99 Å². The Bertz CT molecular complexity index is 985. The zero-order valence-electron chi connectivity index (χ0n) is 20.7. The van der Waals surface area contributed by atoms with Crippen molar-refractivity contribution in [3.63, 3.8) is 0 Å². The van der Waals surface area contributed by atoms with Gasteiger partial charge in [0.05, 0.1) is 0 Å². The number of carbonyl (C=O) groups is 1. The Morgan fingerprint density at radius 3 is 2.73 bits per heavy atom. The first-order valence-electron chi connectivity index (χ1n) is 12.5. The van der Waals surface area contributed by atoms with Gasteiger partial charge in [0.15, 0.2) is 5.01 Å². The Kier molecular flexibility index (Phi) is 9.42. The van der Waals surface area contributed by atoms with Gasteiger partial charge in [-0.2, -0.15) is 0 Å². The van der Waals surface area contributed by atoms with Crippen LogP contribution < -0.4 is 5.32 Å². The topological polar surface area (TPSA) is 54.4 Å². The van der Waals surface area contributed by atoms with Crippen LogP contribution in [0.25, 0.3) is 5.57 Å². The number of nitrogens with one attached hydrogen (secondary N) is 1. The second kappa shape index (κ2) is 12.3. The summed E-state index contributed by atoms with van der Waals surface area (Å²) >= 11 is 1.37. The molecule has 2 aromatic rings. The fourth-order valence-corrected chi connectivity index (χ4v) is 5.73. The number of rotatable bonds is 10. The number of hydrogen-bond acceptors (Lipinski definition) is 4. The van der Waals surface area contributed by atoms with Gasteiger partial charge in [-0.25, -0.2) is 9.98 Å². The Morgan fingerprint density at radius 2 is 2.03 bits per heavy atom. The summed E-state index contributed by atoms with van der Waals surface area (Å²) in [5.74, 6) is 0.426. The van der Waals surface area contributed by atoms with E-state index < -0.39 is 0 Å². The summed E-state index contributed by atoms with van der Waals surface area (Å²) in [4.78, 5) is 22.1. The fourth-order valence-electron chi connectivity index (χ4n) is 4.81. The summed E-state index contributed by atoms with van der Waals surface area (Å²) in [6.07, 6.45) is 11.7. The van der Waals surface area contributed by atoms with Gasteiger partial charge in [0, 0.05) is 12.3 Å². The van der Waals surface area contributed by atoms with Crippen LogP contribution >= 0.6 is 11.3 Å². The Labute approximate surface area is 203 Å². The minimum atomic E-state index is -0.0715. The molecule has 1 aromatic heterocycles. The van der Waals surface area contributed by atoms with E-state index in [0.29, 0.717) is 10.9 Å². The van der Waals surface area contributed by atoms with Gasteiger partial charge in [-0.1, -0.05) is 74.3 Å². The summed E-state index contributed by atoms with van der Waals surface area (Å²) in [5.41, 5.74) is 5.86. The van der Waals surface area contributed by atoms with E-state index >= 15 is 0 Å². The average molecular weight is 466 g/mol. The molecule has 33 heavy (non-hydrogen) atoms. The Balaban J connectivity index is 1.73. The highest BCUT2D eigenvalue weighted by Gasteiger charge is 2.22. The van der Waals surface area contributed by atoms with Crippen molar-refractivity contribution in [3.8, 4) is 0 Å². The number of aromatic nitrogens is 1. The lowest BCUT2D eigenvalue weighted by Gasteiger charge is -2.22. The number of hydrogen-bond donors (Lipinski definition) is 1. The summed E-state index contributed by atoms with van der Waals surface area (Å²) in [6, 6.07) is 7.02. The molecule has 0 radical (unpaired) electrons. The molecule has 4 nitrogen and oxygen atoms in total. The van der Waals surface area contributed by atoms with Crippen LogP contribution in [-0.2, 0) is 0 Å². The molecule has 1 fully saturated rings. The molecular formula is C28H39N3OS. The van der Waals surface area contributed by atoms with Gasteiger partial charge in [0.25, 0.3) is 5.91 Å². The van der Waals surface area contributed by atoms with Crippen molar-refractivity contribution in [1.82, 2.24) is 10.3 Å². The smallest absolute Gasteiger partial charge is 0.280 e. The standard InChI is InChI=1S/C28H39N3OS/c1-6-11-22(24-18-19(3)14-15-20(24)4)17-16-21(5)25-27(29-7-2)33-28(31-25)26(32)30-23-12-9-8-10-13-23/h7,14-15,18,22-23H,5-6,8-13,16-17H2,1-4H3,(H,30,32)/b29-7-. The predicted molar refractivity (Wildman–Crippen MR) is 142 cm³/mol. The normalized spacial score (nSPS) is 15.6. The van der Waals surface area contributed by atoms with Crippen LogP contribution in [0.15, 0.2) is 29.8 Å². The van der Waals surface area contributed by atoms with Gasteiger partial charge < -0.3 is 5.32 Å². The van der Waals surface area contributed by atoms with Crippen LogP contribution in [0.3, 0.4) is 0 Å². The van der Waals surface area contributed by atoms with Gasteiger partial charge in [0.1, 0.15) is 10.7 Å². The molecule has 1 unspecified atom stereocenters. The number of amides is 1. The largest absolute Gasteiger partial charge is 0.347 e. The number of thiazole rings is 1. The van der Waals surface area contributed by atoms with Gasteiger partial charge in [-0.3, -0.25) is 4.79 Å². The van der Waals surface area contributed by atoms with Crippen LogP contribution in [0.1, 0.15) is 110 Å². The first-order valence-corrected chi connectivity index (χ1v) is 13.3. The molecule has 1 aliphatic carbocycles. The van der Waals surface area contributed by atoms with Crippen LogP contribution in [0.4, 0.5) is 5.00 Å². The predicted octanol–water partition coefficient (Wildman–Crippen LogP) is 7.92. The third-order valence-electron chi connectivity index (χ3n) is 6.63. The number of aliphatic imine (C=N–C) groups is 1. The molecule has 5 heteroatoms. The highest BCUT2D eigenvalue weighted by Crippen LogP contribution is 2.37. The Morgan fingerprint density at radius 1 is 1.27 bits per heavy atom. The van der Waals surface area contributed by atoms with Crippen LogP contribution in [0, 0.1) is 13.8 Å². The maximum absolute atomic E-state index is 12.9. The maximum Gasteiger partial charge on any atom is 0.280 e. The summed E-state index contributed by atoms with van der Waals surface area (Å²) in [5, 5.41) is 4.47. The number of nitrogens with zero attached hydrogens (tertiary/aromatic N) is 2. The van der Waals surface area contributed by atoms with Crippen LogP contribution in [0.5, 0.6) is 0 Å². The van der Waals surface area contributed by atoms with Crippen molar-refractivity contribution in [3.05, 3.63) is 52.2 Å². The molecule has 1 aromatic carbocycles. The van der Waals surface area contributed by atoms with Crippen LogP contribution in [-0.4, -0.2) is 23.1 Å². The van der Waals surface area contributed by atoms with Crippen molar-refractivity contribution in [1.29, 1.82) is 0 Å². The minimum absolute atomic E-state index is 0.0715. The molecule has 0 bridgehead atoms. The lowest BCUT2D eigenvalue weighted by Crippen LogP contribution is -2.36. The van der Waals surface area contributed by atoms with Gasteiger partial charge >= 0.3 is 0 Å². The molecular weight excluding hydrogens is 426 g/mol. The molecule has 1 N–H and O–H groups in total. The molecule has 3 rings (SSSR count). The second-order valence-electron chi connectivity index (χ2n) is 9.36. The van der Waals surface area contributed by atoms with Crippen LogP contribution in [0.2, 0.25) is 0 Å². The SMILES string of the molecule is C=C(CCC(CCC)c1cc(C)ccc1C)c1nc(C(=O)NC2CCCCC2)sc1/N=C\C. The number of carbonyl (C=O) groups excluding carboxylic acids is 1. The van der Waals surface area contributed by atoms with Gasteiger partial charge in [0.2, 0.25) is 0 Å². The van der Waals surface area contributed by atoms with E-state index in [0.717, 1.165) is 54.8 Å². The highest BCUT2D eigenvalue weighted by atomic mass is 32.1. The van der Waals surface area contributed by atoms with Crippen molar-refractivity contribution >= 4 is 34.0 Å². The van der Waals surface area contributed by atoms with Crippen molar-refractivity contribution < 1.29 is 4.79 Å². The Hall–Kier alpha value is -2.27. The van der Waals surface area contributed by atoms with E-state index in [-0.39, 0.29) is 11.9 Å². The van der Waals surface area contributed by atoms with E-state index in [1.807, 2.05) is 6.92 Å². The molecule has 1 saturated carbocycles. The molecule has 1 heterocycles. The molecule has 1 aliphatic rings. The number of benzene rings is 1. The fraction of sp³-hybridized carbons (Fsp3) is 0.536. The third-order valence-corrected chi connectivity index (χ3v) is 7.59.